The molecule has 0 spiro atoms. The van der Waals surface area contributed by atoms with Crippen molar-refractivity contribution in [1.82, 2.24) is 5.32 Å². The predicted molar refractivity (Wildman–Crippen MR) is 144 cm³/mol. The molecular weight excluding hydrogens is 432 g/mol. The number of rotatable bonds is 10. The Morgan fingerprint density at radius 2 is 1.86 bits per heavy atom. The van der Waals surface area contributed by atoms with Crippen LogP contribution in [0.1, 0.15) is 85.9 Å². The van der Waals surface area contributed by atoms with Crippen LogP contribution >= 0.6 is 0 Å². The van der Waals surface area contributed by atoms with Gasteiger partial charge in [-0.2, -0.15) is 0 Å². The topological polar surface area (TPSA) is 61.4 Å². The first-order valence-electron chi connectivity index (χ1n) is 13.6. The van der Waals surface area contributed by atoms with Crippen molar-refractivity contribution in [2.24, 2.45) is 11.8 Å². The third-order valence-electron chi connectivity index (χ3n) is 7.92. The first-order valence-corrected chi connectivity index (χ1v) is 13.6. The maximum absolute atomic E-state index is 13.8. The summed E-state index contributed by atoms with van der Waals surface area (Å²) in [7, 11) is 0. The molecule has 0 aromatic heterocycles. The number of hydrogen-bond acceptors (Lipinski definition) is 3. The first-order chi connectivity index (χ1) is 17.0. The summed E-state index contributed by atoms with van der Waals surface area (Å²) < 4.78 is 0. The van der Waals surface area contributed by atoms with Crippen LogP contribution in [0.3, 0.4) is 0 Å². The molecule has 3 N–H and O–H groups in total. The lowest BCUT2D eigenvalue weighted by Crippen LogP contribution is -2.48. The Hall–Kier alpha value is -2.43. The van der Waals surface area contributed by atoms with Crippen molar-refractivity contribution < 1.29 is 9.90 Å². The van der Waals surface area contributed by atoms with E-state index in [9.17, 15) is 9.90 Å². The third-order valence-corrected chi connectivity index (χ3v) is 7.92. The molecule has 0 heterocycles. The van der Waals surface area contributed by atoms with Crippen LogP contribution in [0, 0.1) is 25.7 Å². The highest BCUT2D eigenvalue weighted by atomic mass is 16.3. The van der Waals surface area contributed by atoms with Crippen LogP contribution in [0.5, 0.6) is 0 Å². The van der Waals surface area contributed by atoms with Gasteiger partial charge in [0, 0.05) is 17.3 Å². The van der Waals surface area contributed by atoms with Crippen LogP contribution in [-0.2, 0) is 17.6 Å². The summed E-state index contributed by atoms with van der Waals surface area (Å²) >= 11 is 0. The van der Waals surface area contributed by atoms with Gasteiger partial charge in [0.25, 0.3) is 0 Å². The van der Waals surface area contributed by atoms with Crippen LogP contribution in [0.15, 0.2) is 48.6 Å². The first kappa shape index (κ1) is 25.7. The second-order valence-corrected chi connectivity index (χ2v) is 10.5. The molecule has 1 amide bonds. The average Bonchev–Trinajstić information content (AvgIpc) is 3.32. The fraction of sp³-hybridized carbons (Fsp3) is 0.516. The molecule has 2 aromatic carbocycles. The normalized spacial score (nSPS) is 19.7. The molecule has 188 valence electrons. The number of aliphatic hydroxyl groups excluding tert-OH is 1. The van der Waals surface area contributed by atoms with Crippen LogP contribution < -0.4 is 10.6 Å². The van der Waals surface area contributed by atoms with Gasteiger partial charge in [-0.15, -0.1) is 0 Å². The lowest BCUT2D eigenvalue weighted by molar-refractivity contribution is -0.121. The zero-order valence-electron chi connectivity index (χ0n) is 21.6. The number of amides is 1. The van der Waals surface area contributed by atoms with Gasteiger partial charge in [-0.3, -0.25) is 10.1 Å². The second-order valence-electron chi connectivity index (χ2n) is 10.5. The van der Waals surface area contributed by atoms with Crippen LogP contribution in [-0.4, -0.2) is 17.1 Å². The Kier molecular flexibility index (Phi) is 8.80. The summed E-state index contributed by atoms with van der Waals surface area (Å²) in [5.74, 6) is 0.0480. The third kappa shape index (κ3) is 6.23. The quantitative estimate of drug-likeness (QED) is 0.270. The molecule has 3 unspecified atom stereocenters. The largest absolute Gasteiger partial charge is 0.374 e. The van der Waals surface area contributed by atoms with Gasteiger partial charge >= 0.3 is 0 Å². The SMILES string of the molecule is CCCCC(C(=O)Nc1ccc2c(c1)CCC2)[C@@H](NC(O)c1c(C)cccc1C)C1C=CCCC1. The fourth-order valence-corrected chi connectivity index (χ4v) is 5.98. The van der Waals surface area contributed by atoms with E-state index in [0.29, 0.717) is 0 Å². The molecule has 0 fully saturated rings. The van der Waals surface area contributed by atoms with Crippen LogP contribution in [0.25, 0.3) is 0 Å². The number of anilines is 1. The number of allylic oxidation sites excluding steroid dienone is 1. The highest BCUT2D eigenvalue weighted by Gasteiger charge is 2.35. The maximum Gasteiger partial charge on any atom is 0.229 e. The highest BCUT2D eigenvalue weighted by Crippen LogP contribution is 2.32. The van der Waals surface area contributed by atoms with Crippen LogP contribution in [0.2, 0.25) is 0 Å². The summed E-state index contributed by atoms with van der Waals surface area (Å²) in [6.45, 7) is 6.25. The van der Waals surface area contributed by atoms with Gasteiger partial charge in [0.1, 0.15) is 6.23 Å². The molecule has 4 nitrogen and oxygen atoms in total. The minimum atomic E-state index is -0.812. The van der Waals surface area contributed by atoms with Crippen molar-refractivity contribution in [3.63, 3.8) is 0 Å². The van der Waals surface area contributed by atoms with Crippen molar-refractivity contribution in [3.8, 4) is 0 Å². The van der Waals surface area contributed by atoms with Gasteiger partial charge in [-0.25, -0.2) is 0 Å². The zero-order chi connectivity index (χ0) is 24.8. The van der Waals surface area contributed by atoms with E-state index in [1.165, 1.54) is 17.5 Å². The Morgan fingerprint density at radius 1 is 1.09 bits per heavy atom. The van der Waals surface area contributed by atoms with Crippen molar-refractivity contribution in [3.05, 3.63) is 76.4 Å². The molecule has 4 heteroatoms. The zero-order valence-corrected chi connectivity index (χ0v) is 21.6. The molecule has 4 rings (SSSR count). The van der Waals surface area contributed by atoms with E-state index >= 15 is 0 Å². The number of aliphatic hydroxyl groups is 1. The Labute approximate surface area is 211 Å². The second kappa shape index (κ2) is 12.0. The van der Waals surface area contributed by atoms with Gasteiger partial charge in [-0.1, -0.05) is 56.2 Å². The Morgan fingerprint density at radius 3 is 2.57 bits per heavy atom. The molecule has 35 heavy (non-hydrogen) atoms. The molecule has 0 saturated heterocycles. The molecule has 2 aromatic rings. The number of fused-ring (bicyclic) bond motifs is 1. The number of carbonyl (C=O) groups excluding carboxylic acids is 1. The van der Waals surface area contributed by atoms with Crippen molar-refractivity contribution >= 4 is 11.6 Å². The number of benzene rings is 2. The van der Waals surface area contributed by atoms with Crippen molar-refractivity contribution in [2.45, 2.75) is 90.8 Å². The molecule has 0 radical (unpaired) electrons. The molecule has 2 aliphatic rings. The number of unbranched alkanes of at least 4 members (excludes halogenated alkanes) is 1. The lowest BCUT2D eigenvalue weighted by Gasteiger charge is -2.36. The number of hydrogen-bond donors (Lipinski definition) is 3. The highest BCUT2D eigenvalue weighted by molar-refractivity contribution is 5.93. The summed E-state index contributed by atoms with van der Waals surface area (Å²) in [6, 6.07) is 12.3. The van der Waals surface area contributed by atoms with Gasteiger partial charge in [0.15, 0.2) is 0 Å². The average molecular weight is 475 g/mol. The number of aryl methyl sites for hydroxylation is 4. The Bertz CT molecular complexity index is 1020. The number of nitrogens with one attached hydrogen (secondary N) is 2. The van der Waals surface area contributed by atoms with Gasteiger partial charge < -0.3 is 10.4 Å². The van der Waals surface area contributed by atoms with E-state index in [2.05, 4.69) is 41.8 Å². The van der Waals surface area contributed by atoms with Gasteiger partial charge in [-0.05, 0) is 99.1 Å². The summed E-state index contributed by atoms with van der Waals surface area (Å²) in [5, 5.41) is 18.2. The summed E-state index contributed by atoms with van der Waals surface area (Å²) in [5.41, 5.74) is 6.72. The monoisotopic (exact) mass is 474 g/mol. The van der Waals surface area contributed by atoms with E-state index in [1.54, 1.807) is 0 Å². The van der Waals surface area contributed by atoms with E-state index in [0.717, 1.165) is 73.7 Å². The van der Waals surface area contributed by atoms with Crippen molar-refractivity contribution in [2.75, 3.05) is 5.32 Å². The van der Waals surface area contributed by atoms with Crippen molar-refractivity contribution in [1.29, 1.82) is 0 Å². The molecule has 2 aliphatic carbocycles. The maximum atomic E-state index is 13.8. The van der Waals surface area contributed by atoms with Crippen LogP contribution in [0.4, 0.5) is 5.69 Å². The smallest absolute Gasteiger partial charge is 0.229 e. The summed E-state index contributed by atoms with van der Waals surface area (Å²) in [6.07, 6.45) is 13.2. The molecule has 4 atom stereocenters. The van der Waals surface area contributed by atoms with Gasteiger partial charge in [0.05, 0.1) is 5.92 Å². The molecule has 0 saturated carbocycles. The van der Waals surface area contributed by atoms with E-state index in [1.807, 2.05) is 38.1 Å². The van der Waals surface area contributed by atoms with E-state index < -0.39 is 6.23 Å². The molecule has 0 aliphatic heterocycles. The molecular formula is C31H42N2O2. The standard InChI is InChI=1S/C31H42N2O2/c1-4-5-17-27(30(34)32-26-19-18-23-15-10-16-25(23)20-26)29(24-13-7-6-8-14-24)33-31(35)28-21(2)11-9-12-22(28)3/h7,9,11-13,18-20,24,27,29,31,33,35H,4-6,8,10,14-17H2,1-3H3,(H,32,34)/t24?,27?,29-,31?/m0/s1. The minimum Gasteiger partial charge on any atom is -0.374 e. The van der Waals surface area contributed by atoms with Gasteiger partial charge in [0.2, 0.25) is 5.91 Å². The van der Waals surface area contributed by atoms with E-state index in [4.69, 9.17) is 0 Å². The fourth-order valence-electron chi connectivity index (χ4n) is 5.98. The number of carbonyl (C=O) groups is 1. The summed E-state index contributed by atoms with van der Waals surface area (Å²) in [4.78, 5) is 13.8. The minimum absolute atomic E-state index is 0.0570. The Balaban J connectivity index is 1.61. The van der Waals surface area contributed by atoms with E-state index in [-0.39, 0.29) is 23.8 Å². The lowest BCUT2D eigenvalue weighted by atomic mass is 9.79. The molecule has 0 bridgehead atoms. The predicted octanol–water partition coefficient (Wildman–Crippen LogP) is 6.54.